The molecule has 0 saturated heterocycles. The Morgan fingerprint density at radius 1 is 1.35 bits per heavy atom. The summed E-state index contributed by atoms with van der Waals surface area (Å²) in [6.45, 7) is 1.80. The van der Waals surface area contributed by atoms with Crippen LogP contribution in [-0.2, 0) is 11.2 Å². The van der Waals surface area contributed by atoms with E-state index in [1.807, 2.05) is 40.2 Å². The minimum absolute atomic E-state index is 0.166. The van der Waals surface area contributed by atoms with E-state index in [-0.39, 0.29) is 12.3 Å². The van der Waals surface area contributed by atoms with Gasteiger partial charge in [-0.15, -0.1) is 11.3 Å². The molecule has 0 bridgehead atoms. The number of carbonyl (C=O) groups excluding carboxylic acids is 1. The van der Waals surface area contributed by atoms with E-state index >= 15 is 0 Å². The zero-order valence-corrected chi connectivity index (χ0v) is 15.0. The van der Waals surface area contributed by atoms with Crippen LogP contribution in [0.4, 0.5) is 5.88 Å². The highest BCUT2D eigenvalue weighted by molar-refractivity contribution is 7.15. The SMILES string of the molecule is COc1ccc(-c2cn3c(CC(=O)Nc4cc(C)no4)csc3n2)cc1. The van der Waals surface area contributed by atoms with Gasteiger partial charge in [0.05, 0.1) is 24.9 Å². The highest BCUT2D eigenvalue weighted by Gasteiger charge is 2.14. The first-order valence-corrected chi connectivity index (χ1v) is 8.83. The Morgan fingerprint density at radius 3 is 2.85 bits per heavy atom. The third-order valence-corrected chi connectivity index (χ3v) is 4.79. The number of nitrogens with zero attached hydrogens (tertiary/aromatic N) is 3. The van der Waals surface area contributed by atoms with Gasteiger partial charge in [-0.1, -0.05) is 5.16 Å². The number of anilines is 1. The lowest BCUT2D eigenvalue weighted by atomic mass is 10.2. The van der Waals surface area contributed by atoms with Crippen molar-refractivity contribution in [3.05, 3.63) is 53.3 Å². The van der Waals surface area contributed by atoms with Crippen LogP contribution in [0.1, 0.15) is 11.4 Å². The van der Waals surface area contributed by atoms with Gasteiger partial charge in [0.1, 0.15) is 5.75 Å². The van der Waals surface area contributed by atoms with Crippen molar-refractivity contribution in [3.63, 3.8) is 0 Å². The molecule has 0 fully saturated rings. The highest BCUT2D eigenvalue weighted by Crippen LogP contribution is 2.25. The lowest BCUT2D eigenvalue weighted by molar-refractivity contribution is -0.115. The van der Waals surface area contributed by atoms with Crippen molar-refractivity contribution >= 4 is 28.1 Å². The molecule has 1 aromatic carbocycles. The van der Waals surface area contributed by atoms with Crippen molar-refractivity contribution in [1.29, 1.82) is 0 Å². The molecule has 3 heterocycles. The fourth-order valence-electron chi connectivity index (χ4n) is 2.63. The fraction of sp³-hybridized carbons (Fsp3) is 0.167. The third kappa shape index (κ3) is 3.18. The standard InChI is InChI=1S/C18H16N4O3S/c1-11-7-17(25-21-11)20-16(23)8-13-10-26-18-19-15(9-22(13)18)12-3-5-14(24-2)6-4-12/h3-7,9-10H,8H2,1-2H3,(H,20,23). The first-order valence-electron chi connectivity index (χ1n) is 7.95. The summed E-state index contributed by atoms with van der Waals surface area (Å²) < 4.78 is 12.1. The van der Waals surface area contributed by atoms with Gasteiger partial charge in [0, 0.05) is 28.9 Å². The van der Waals surface area contributed by atoms with E-state index in [1.165, 1.54) is 11.3 Å². The molecule has 4 rings (SSSR count). The summed E-state index contributed by atoms with van der Waals surface area (Å²) in [4.78, 5) is 17.7. The van der Waals surface area contributed by atoms with Gasteiger partial charge in [-0.3, -0.25) is 14.5 Å². The number of rotatable bonds is 5. The number of nitrogens with one attached hydrogen (secondary N) is 1. The van der Waals surface area contributed by atoms with Crippen molar-refractivity contribution in [2.75, 3.05) is 12.4 Å². The third-order valence-electron chi connectivity index (χ3n) is 3.90. The molecule has 0 spiro atoms. The number of thiazole rings is 1. The average molecular weight is 368 g/mol. The van der Waals surface area contributed by atoms with Gasteiger partial charge in [-0.25, -0.2) is 4.98 Å². The van der Waals surface area contributed by atoms with E-state index < -0.39 is 0 Å². The van der Waals surface area contributed by atoms with Gasteiger partial charge < -0.3 is 9.26 Å². The molecule has 132 valence electrons. The largest absolute Gasteiger partial charge is 0.497 e. The van der Waals surface area contributed by atoms with Crippen molar-refractivity contribution in [2.24, 2.45) is 0 Å². The molecule has 0 atom stereocenters. The van der Waals surface area contributed by atoms with Gasteiger partial charge in [-0.2, -0.15) is 0 Å². The minimum atomic E-state index is -0.166. The van der Waals surface area contributed by atoms with Crippen molar-refractivity contribution in [1.82, 2.24) is 14.5 Å². The number of fused-ring (bicyclic) bond motifs is 1. The van der Waals surface area contributed by atoms with Crippen LogP contribution < -0.4 is 10.1 Å². The molecule has 0 aliphatic carbocycles. The van der Waals surface area contributed by atoms with E-state index in [1.54, 1.807) is 20.1 Å². The normalized spacial score (nSPS) is 11.0. The zero-order chi connectivity index (χ0) is 18.1. The first kappa shape index (κ1) is 16.3. The maximum atomic E-state index is 12.2. The van der Waals surface area contributed by atoms with E-state index in [0.717, 1.165) is 33.4 Å². The number of ether oxygens (including phenoxy) is 1. The summed E-state index contributed by atoms with van der Waals surface area (Å²) in [5.74, 6) is 0.985. The topological polar surface area (TPSA) is 81.7 Å². The molecule has 0 aliphatic heterocycles. The first-order chi connectivity index (χ1) is 12.6. The van der Waals surface area contributed by atoms with E-state index in [9.17, 15) is 4.79 Å². The number of hydrogen-bond donors (Lipinski definition) is 1. The molecule has 7 nitrogen and oxygen atoms in total. The van der Waals surface area contributed by atoms with E-state index in [0.29, 0.717) is 5.88 Å². The Morgan fingerprint density at radius 2 is 2.15 bits per heavy atom. The predicted octanol–water partition coefficient (Wildman–Crippen LogP) is 3.55. The monoisotopic (exact) mass is 368 g/mol. The fourth-order valence-corrected chi connectivity index (χ4v) is 3.50. The Kier molecular flexibility index (Phi) is 4.18. The smallest absolute Gasteiger partial charge is 0.232 e. The number of imidazole rings is 1. The molecule has 0 radical (unpaired) electrons. The number of aromatic nitrogens is 3. The maximum absolute atomic E-state index is 12.2. The molecule has 0 unspecified atom stereocenters. The molecule has 3 aromatic heterocycles. The van der Waals surface area contributed by atoms with Gasteiger partial charge in [0.25, 0.3) is 0 Å². The Hall–Kier alpha value is -3.13. The Labute approximate surface area is 153 Å². The van der Waals surface area contributed by atoms with Gasteiger partial charge >= 0.3 is 0 Å². The number of aryl methyl sites for hydroxylation is 1. The number of carbonyl (C=O) groups is 1. The number of amides is 1. The summed E-state index contributed by atoms with van der Waals surface area (Å²) in [5, 5.41) is 8.40. The van der Waals surface area contributed by atoms with Crippen LogP contribution in [0.3, 0.4) is 0 Å². The number of hydrogen-bond acceptors (Lipinski definition) is 6. The average Bonchev–Trinajstić information content (AvgIpc) is 3.33. The van der Waals surface area contributed by atoms with Crippen LogP contribution in [-0.4, -0.2) is 27.6 Å². The van der Waals surface area contributed by atoms with Crippen molar-refractivity contribution in [2.45, 2.75) is 13.3 Å². The van der Waals surface area contributed by atoms with Gasteiger partial charge in [0.2, 0.25) is 11.8 Å². The lowest BCUT2D eigenvalue weighted by Crippen LogP contribution is -2.14. The van der Waals surface area contributed by atoms with Gasteiger partial charge in [0.15, 0.2) is 4.96 Å². The van der Waals surface area contributed by atoms with E-state index in [2.05, 4.69) is 15.5 Å². The predicted molar refractivity (Wildman–Crippen MR) is 98.6 cm³/mol. The molecule has 26 heavy (non-hydrogen) atoms. The van der Waals surface area contributed by atoms with Crippen LogP contribution in [0.5, 0.6) is 5.75 Å². The second kappa shape index (κ2) is 6.64. The Balaban J connectivity index is 1.54. The number of methoxy groups -OCH3 is 1. The van der Waals surface area contributed by atoms with Crippen molar-refractivity contribution < 1.29 is 14.1 Å². The maximum Gasteiger partial charge on any atom is 0.232 e. The highest BCUT2D eigenvalue weighted by atomic mass is 32.1. The zero-order valence-electron chi connectivity index (χ0n) is 14.2. The Bertz CT molecular complexity index is 1060. The molecule has 0 aliphatic rings. The van der Waals surface area contributed by atoms with E-state index in [4.69, 9.17) is 9.26 Å². The summed E-state index contributed by atoms with van der Waals surface area (Å²) in [6, 6.07) is 9.40. The van der Waals surface area contributed by atoms with Crippen LogP contribution in [0.15, 0.2) is 46.4 Å². The molecule has 8 heteroatoms. The van der Waals surface area contributed by atoms with Crippen LogP contribution in [0.25, 0.3) is 16.2 Å². The molecular formula is C18H16N4O3S. The summed E-state index contributed by atoms with van der Waals surface area (Å²) in [7, 11) is 1.64. The minimum Gasteiger partial charge on any atom is -0.497 e. The molecule has 1 amide bonds. The summed E-state index contributed by atoms with van der Waals surface area (Å²) >= 11 is 1.50. The lowest BCUT2D eigenvalue weighted by Gasteiger charge is -2.01. The van der Waals surface area contributed by atoms with Crippen LogP contribution >= 0.6 is 11.3 Å². The second-order valence-electron chi connectivity index (χ2n) is 5.79. The number of benzene rings is 1. The van der Waals surface area contributed by atoms with Gasteiger partial charge in [-0.05, 0) is 31.2 Å². The van der Waals surface area contributed by atoms with Crippen LogP contribution in [0.2, 0.25) is 0 Å². The van der Waals surface area contributed by atoms with Crippen molar-refractivity contribution in [3.8, 4) is 17.0 Å². The second-order valence-corrected chi connectivity index (χ2v) is 6.63. The molecule has 1 N–H and O–H groups in total. The molecule has 4 aromatic rings. The summed E-state index contributed by atoms with van der Waals surface area (Å²) in [6.07, 6.45) is 2.16. The molecular weight excluding hydrogens is 352 g/mol. The summed E-state index contributed by atoms with van der Waals surface area (Å²) in [5.41, 5.74) is 3.43. The van der Waals surface area contributed by atoms with Crippen LogP contribution in [0, 0.1) is 6.92 Å². The quantitative estimate of drug-likeness (QED) is 0.583. The molecule has 0 saturated carbocycles.